The molecular formula is C30H36N4O3S. The molecule has 1 aromatic heterocycles. The first-order valence-corrected chi connectivity index (χ1v) is 15.2. The molecule has 1 fully saturated rings. The van der Waals surface area contributed by atoms with Crippen molar-refractivity contribution >= 4 is 21.6 Å². The molecule has 1 amide bonds. The van der Waals surface area contributed by atoms with Gasteiger partial charge in [-0.25, -0.2) is 8.42 Å². The fourth-order valence-corrected chi connectivity index (χ4v) is 7.01. The maximum atomic E-state index is 13.4. The van der Waals surface area contributed by atoms with Crippen LogP contribution in [-0.4, -0.2) is 44.7 Å². The van der Waals surface area contributed by atoms with Crippen molar-refractivity contribution in [3.8, 4) is 0 Å². The van der Waals surface area contributed by atoms with E-state index in [4.69, 9.17) is 0 Å². The Morgan fingerprint density at radius 2 is 1.74 bits per heavy atom. The van der Waals surface area contributed by atoms with Gasteiger partial charge in [0.05, 0.1) is 17.6 Å². The molecule has 0 radical (unpaired) electrons. The lowest BCUT2D eigenvalue weighted by molar-refractivity contribution is -0.127. The number of carbonyl (C=O) groups is 1. The second-order valence-corrected chi connectivity index (χ2v) is 12.6. The number of rotatable bonds is 9. The molecule has 2 aromatic carbocycles. The van der Waals surface area contributed by atoms with Crippen molar-refractivity contribution in [2.45, 2.75) is 50.1 Å². The minimum absolute atomic E-state index is 0.0440. The Morgan fingerprint density at radius 3 is 2.45 bits per heavy atom. The zero-order valence-electron chi connectivity index (χ0n) is 21.8. The van der Waals surface area contributed by atoms with Crippen molar-refractivity contribution in [3.63, 3.8) is 0 Å². The number of anilines is 1. The summed E-state index contributed by atoms with van der Waals surface area (Å²) < 4.78 is 26.5. The van der Waals surface area contributed by atoms with E-state index < -0.39 is 10.0 Å². The summed E-state index contributed by atoms with van der Waals surface area (Å²) in [6, 6.07) is 23.9. The largest absolute Gasteiger partial charge is 0.352 e. The molecule has 0 unspecified atom stereocenters. The quantitative estimate of drug-likeness (QED) is 0.437. The lowest BCUT2D eigenvalue weighted by Crippen LogP contribution is -2.47. The number of fused-ring (bicyclic) bond motifs is 2. The number of sulfonamides is 1. The van der Waals surface area contributed by atoms with E-state index in [2.05, 4.69) is 33.8 Å². The molecule has 8 heteroatoms. The van der Waals surface area contributed by atoms with Crippen molar-refractivity contribution in [1.82, 2.24) is 15.6 Å². The smallest absolute Gasteiger partial charge is 0.232 e. The molecule has 0 bridgehead atoms. The van der Waals surface area contributed by atoms with Crippen LogP contribution in [0.3, 0.4) is 0 Å². The molecule has 0 saturated heterocycles. The number of para-hydroxylation sites is 1. The van der Waals surface area contributed by atoms with E-state index in [1.807, 2.05) is 54.6 Å². The van der Waals surface area contributed by atoms with Gasteiger partial charge >= 0.3 is 0 Å². The van der Waals surface area contributed by atoms with Crippen LogP contribution in [-0.2, 0) is 33.2 Å². The highest BCUT2D eigenvalue weighted by atomic mass is 32.2. The maximum absolute atomic E-state index is 13.4. The van der Waals surface area contributed by atoms with Crippen LogP contribution in [0.4, 0.5) is 5.69 Å². The molecule has 200 valence electrons. The Balaban J connectivity index is 1.23. The molecule has 3 aromatic rings. The zero-order valence-corrected chi connectivity index (χ0v) is 22.7. The molecular weight excluding hydrogens is 496 g/mol. The first-order valence-electron chi connectivity index (χ1n) is 13.4. The number of carbonyl (C=O) groups excluding carboxylic acids is 1. The van der Waals surface area contributed by atoms with Crippen LogP contribution >= 0.6 is 0 Å². The Labute approximate surface area is 225 Å². The third-order valence-electron chi connectivity index (χ3n) is 8.00. The Hall–Kier alpha value is -3.23. The van der Waals surface area contributed by atoms with Gasteiger partial charge in [-0.1, -0.05) is 54.6 Å². The lowest BCUT2D eigenvalue weighted by atomic mass is 9.67. The summed E-state index contributed by atoms with van der Waals surface area (Å²) in [4.78, 5) is 17.8. The van der Waals surface area contributed by atoms with Crippen LogP contribution < -0.4 is 14.9 Å². The monoisotopic (exact) mass is 532 g/mol. The Morgan fingerprint density at radius 1 is 1.03 bits per heavy atom. The van der Waals surface area contributed by atoms with E-state index in [9.17, 15) is 13.2 Å². The van der Waals surface area contributed by atoms with Gasteiger partial charge in [-0.15, -0.1) is 0 Å². The number of aromatic nitrogens is 1. The third-order valence-corrected chi connectivity index (χ3v) is 9.12. The number of nitrogens with zero attached hydrogens (tertiary/aromatic N) is 2. The fraction of sp³-hybridized carbons (Fsp3) is 0.400. The first kappa shape index (κ1) is 26.4. The molecule has 2 N–H and O–H groups in total. The van der Waals surface area contributed by atoms with E-state index in [1.165, 1.54) is 11.8 Å². The predicted octanol–water partition coefficient (Wildman–Crippen LogP) is 3.81. The van der Waals surface area contributed by atoms with Crippen molar-refractivity contribution in [3.05, 3.63) is 95.8 Å². The van der Waals surface area contributed by atoms with Gasteiger partial charge in [-0.3, -0.25) is 14.1 Å². The van der Waals surface area contributed by atoms with Crippen LogP contribution in [0.5, 0.6) is 0 Å². The highest BCUT2D eigenvalue weighted by molar-refractivity contribution is 7.92. The van der Waals surface area contributed by atoms with Gasteiger partial charge < -0.3 is 10.6 Å². The standard InChI is InChI=1S/C30H36N4O3S/c1-38(36,37)34-22-30(27-12-5-6-13-28(27)34)16-14-24(15-17-30)29(35)33-26(19-23-9-3-2-4-10-23)21-31-20-25-11-7-8-18-32-25/h2-13,18,24,26,31H,14-17,19-22H2,1H3,(H,33,35)/t24?,26-,30?/m0/s1. The van der Waals surface area contributed by atoms with E-state index >= 15 is 0 Å². The molecule has 1 aliphatic heterocycles. The molecule has 2 heterocycles. The molecule has 1 saturated carbocycles. The van der Waals surface area contributed by atoms with Crippen LogP contribution in [0.2, 0.25) is 0 Å². The lowest BCUT2D eigenvalue weighted by Gasteiger charge is -2.37. The number of amides is 1. The molecule has 38 heavy (non-hydrogen) atoms. The summed E-state index contributed by atoms with van der Waals surface area (Å²) in [5, 5.41) is 6.78. The van der Waals surface area contributed by atoms with Gasteiger partial charge in [-0.2, -0.15) is 0 Å². The Kier molecular flexibility index (Phi) is 7.81. The van der Waals surface area contributed by atoms with Crippen LogP contribution in [0.1, 0.15) is 42.5 Å². The first-order chi connectivity index (χ1) is 18.3. The van der Waals surface area contributed by atoms with E-state index in [0.29, 0.717) is 19.6 Å². The second kappa shape index (κ2) is 11.3. The van der Waals surface area contributed by atoms with Gasteiger partial charge in [0.25, 0.3) is 0 Å². The molecule has 1 aliphatic carbocycles. The van der Waals surface area contributed by atoms with E-state index in [-0.39, 0.29) is 23.3 Å². The number of hydrogen-bond acceptors (Lipinski definition) is 5. The summed E-state index contributed by atoms with van der Waals surface area (Å²) in [6.07, 6.45) is 6.90. The van der Waals surface area contributed by atoms with Crippen LogP contribution in [0.15, 0.2) is 79.0 Å². The fourth-order valence-electron chi connectivity index (χ4n) is 6.01. The SMILES string of the molecule is CS(=O)(=O)N1CC2(CCC(C(=O)N[C@H](CNCc3ccccn3)Cc3ccccc3)CC2)c2ccccc21. The highest BCUT2D eigenvalue weighted by Gasteiger charge is 2.47. The normalized spacial score (nSPS) is 21.7. The van der Waals surface area contributed by atoms with E-state index in [1.54, 1.807) is 10.5 Å². The summed E-state index contributed by atoms with van der Waals surface area (Å²) in [6.45, 7) is 1.75. The summed E-state index contributed by atoms with van der Waals surface area (Å²) in [5.74, 6) is 0.0146. The Bertz CT molecular complexity index is 1340. The maximum Gasteiger partial charge on any atom is 0.232 e. The van der Waals surface area contributed by atoms with Crippen LogP contribution in [0, 0.1) is 5.92 Å². The van der Waals surface area contributed by atoms with Gasteiger partial charge in [-0.05, 0) is 61.4 Å². The van der Waals surface area contributed by atoms with Crippen molar-refractivity contribution < 1.29 is 13.2 Å². The number of benzene rings is 2. The molecule has 5 rings (SSSR count). The molecule has 2 aliphatic rings. The minimum atomic E-state index is -3.35. The van der Waals surface area contributed by atoms with Gasteiger partial charge in [0, 0.05) is 43.2 Å². The topological polar surface area (TPSA) is 91.4 Å². The highest BCUT2D eigenvalue weighted by Crippen LogP contribution is 2.50. The molecule has 1 atom stereocenters. The summed E-state index contributed by atoms with van der Waals surface area (Å²) >= 11 is 0. The second-order valence-electron chi connectivity index (χ2n) is 10.7. The summed E-state index contributed by atoms with van der Waals surface area (Å²) in [7, 11) is -3.35. The van der Waals surface area contributed by atoms with Crippen molar-refractivity contribution in [2.75, 3.05) is 23.7 Å². The number of pyridine rings is 1. The minimum Gasteiger partial charge on any atom is -0.352 e. The van der Waals surface area contributed by atoms with Gasteiger partial charge in [0.1, 0.15) is 0 Å². The average molecular weight is 533 g/mol. The third kappa shape index (κ3) is 5.92. The number of hydrogen-bond donors (Lipinski definition) is 2. The average Bonchev–Trinajstić information content (AvgIpc) is 3.25. The van der Waals surface area contributed by atoms with Crippen molar-refractivity contribution in [1.29, 1.82) is 0 Å². The zero-order chi connectivity index (χ0) is 26.6. The predicted molar refractivity (Wildman–Crippen MR) is 150 cm³/mol. The number of nitrogens with one attached hydrogen (secondary N) is 2. The van der Waals surface area contributed by atoms with Crippen LogP contribution in [0.25, 0.3) is 0 Å². The van der Waals surface area contributed by atoms with Crippen molar-refractivity contribution in [2.24, 2.45) is 5.92 Å². The molecule has 7 nitrogen and oxygen atoms in total. The van der Waals surface area contributed by atoms with Gasteiger partial charge in [0.2, 0.25) is 15.9 Å². The summed E-state index contributed by atoms with van der Waals surface area (Å²) in [5.41, 5.74) is 3.83. The molecule has 1 spiro atoms. The van der Waals surface area contributed by atoms with E-state index in [0.717, 1.165) is 49.0 Å². The van der Waals surface area contributed by atoms with Gasteiger partial charge in [0.15, 0.2) is 0 Å².